The van der Waals surface area contributed by atoms with Crippen LogP contribution in [0.5, 0.6) is 0 Å². The Balaban J connectivity index is 0.00000180. The van der Waals surface area contributed by atoms with Gasteiger partial charge in [-0.25, -0.2) is 4.98 Å². The lowest BCUT2D eigenvalue weighted by molar-refractivity contribution is 0.0739. The van der Waals surface area contributed by atoms with Gasteiger partial charge in [-0.1, -0.05) is 23.7 Å². The van der Waals surface area contributed by atoms with Crippen molar-refractivity contribution in [2.45, 2.75) is 12.5 Å². The smallest absolute Gasteiger partial charge is 0.254 e. The number of carbonyl (C=O) groups excluding carboxylic acids is 1. The van der Waals surface area contributed by atoms with E-state index in [9.17, 15) is 4.79 Å². The summed E-state index contributed by atoms with van der Waals surface area (Å²) in [4.78, 5) is 20.1. The SMILES string of the molecule is Cl.O=C(c1cc(-c2ccco2)nc2c(Cl)cccc12)N1CC[C@H]2CNC[C@H]21. The molecule has 1 amide bonds. The number of hydrogen-bond acceptors (Lipinski definition) is 4. The van der Waals surface area contributed by atoms with Crippen molar-refractivity contribution in [3.8, 4) is 11.5 Å². The van der Waals surface area contributed by atoms with Crippen LogP contribution in [0.4, 0.5) is 0 Å². The van der Waals surface area contributed by atoms with Gasteiger partial charge in [-0.15, -0.1) is 12.4 Å². The van der Waals surface area contributed by atoms with E-state index >= 15 is 0 Å². The zero-order valence-electron chi connectivity index (χ0n) is 14.5. The van der Waals surface area contributed by atoms with Gasteiger partial charge in [0.05, 0.1) is 22.4 Å². The van der Waals surface area contributed by atoms with Gasteiger partial charge in [0.1, 0.15) is 5.69 Å². The molecule has 0 spiro atoms. The molecular weight excluding hydrogens is 385 g/mol. The van der Waals surface area contributed by atoms with E-state index in [1.54, 1.807) is 12.3 Å². The molecule has 5 rings (SSSR count). The number of benzene rings is 1. The first kappa shape index (κ1) is 18.3. The van der Waals surface area contributed by atoms with Crippen LogP contribution in [0.25, 0.3) is 22.4 Å². The Bertz CT molecular complexity index is 990. The number of furan rings is 1. The molecule has 1 N–H and O–H groups in total. The monoisotopic (exact) mass is 403 g/mol. The summed E-state index contributed by atoms with van der Waals surface area (Å²) >= 11 is 6.39. The van der Waals surface area contributed by atoms with Crippen molar-refractivity contribution in [3.05, 3.63) is 53.2 Å². The van der Waals surface area contributed by atoms with Crippen LogP contribution in [0.1, 0.15) is 16.8 Å². The standard InChI is InChI=1S/C20H18ClN3O2.ClH/c21-15-4-1-3-13-14(9-16(23-19(13)15)18-5-2-8-26-18)20(25)24-7-6-12-10-22-11-17(12)24;/h1-5,8-9,12,17,22H,6-7,10-11H2;1H/t12-,17+;/m0./s1. The highest BCUT2D eigenvalue weighted by Gasteiger charge is 2.40. The number of halogens is 2. The van der Waals surface area contributed by atoms with Gasteiger partial charge in [0.2, 0.25) is 0 Å². The average molecular weight is 404 g/mol. The first-order chi connectivity index (χ1) is 12.7. The van der Waals surface area contributed by atoms with Crippen LogP contribution in [0.2, 0.25) is 5.02 Å². The van der Waals surface area contributed by atoms with Gasteiger partial charge >= 0.3 is 0 Å². The van der Waals surface area contributed by atoms with Gasteiger partial charge < -0.3 is 14.6 Å². The van der Waals surface area contributed by atoms with E-state index in [1.807, 2.05) is 35.2 Å². The Kier molecular flexibility index (Phi) is 4.84. The summed E-state index contributed by atoms with van der Waals surface area (Å²) in [6, 6.07) is 11.3. The molecule has 2 atom stereocenters. The van der Waals surface area contributed by atoms with E-state index in [-0.39, 0.29) is 24.4 Å². The van der Waals surface area contributed by atoms with Crippen molar-refractivity contribution in [3.63, 3.8) is 0 Å². The Morgan fingerprint density at radius 2 is 2.15 bits per heavy atom. The van der Waals surface area contributed by atoms with Crippen LogP contribution in [-0.4, -0.2) is 41.5 Å². The molecule has 0 saturated carbocycles. The number of nitrogens with one attached hydrogen (secondary N) is 1. The number of aromatic nitrogens is 1. The predicted octanol–water partition coefficient (Wildman–Crippen LogP) is 4.00. The molecule has 5 nitrogen and oxygen atoms in total. The molecule has 2 aliphatic rings. The van der Waals surface area contributed by atoms with E-state index in [2.05, 4.69) is 10.3 Å². The second kappa shape index (κ2) is 7.15. The molecule has 3 aromatic rings. The number of carbonyl (C=O) groups is 1. The molecule has 27 heavy (non-hydrogen) atoms. The maximum absolute atomic E-state index is 13.4. The van der Waals surface area contributed by atoms with Crippen molar-refractivity contribution in [1.29, 1.82) is 0 Å². The lowest BCUT2D eigenvalue weighted by atomic mass is 10.0. The van der Waals surface area contributed by atoms with Gasteiger partial charge in [0.15, 0.2) is 5.76 Å². The normalized spacial score (nSPS) is 21.3. The van der Waals surface area contributed by atoms with Crippen molar-refractivity contribution in [1.82, 2.24) is 15.2 Å². The summed E-state index contributed by atoms with van der Waals surface area (Å²) < 4.78 is 5.50. The number of rotatable bonds is 2. The third-order valence-corrected chi connectivity index (χ3v) is 5.81. The average Bonchev–Trinajstić information content (AvgIpc) is 3.38. The third kappa shape index (κ3) is 3.00. The quantitative estimate of drug-likeness (QED) is 0.702. The number of likely N-dealkylation sites (tertiary alicyclic amines) is 1. The summed E-state index contributed by atoms with van der Waals surface area (Å²) in [5.74, 6) is 1.23. The zero-order valence-corrected chi connectivity index (χ0v) is 16.1. The summed E-state index contributed by atoms with van der Waals surface area (Å²) in [6.45, 7) is 2.66. The first-order valence-electron chi connectivity index (χ1n) is 8.87. The summed E-state index contributed by atoms with van der Waals surface area (Å²) in [6.07, 6.45) is 2.66. The largest absolute Gasteiger partial charge is 0.463 e. The second-order valence-corrected chi connectivity index (χ2v) is 7.35. The van der Waals surface area contributed by atoms with Gasteiger partial charge in [0, 0.05) is 31.1 Å². The van der Waals surface area contributed by atoms with Crippen LogP contribution in [0.3, 0.4) is 0 Å². The fraction of sp³-hybridized carbons (Fsp3) is 0.300. The second-order valence-electron chi connectivity index (χ2n) is 6.94. The predicted molar refractivity (Wildman–Crippen MR) is 108 cm³/mol. The van der Waals surface area contributed by atoms with Crippen molar-refractivity contribution in [2.75, 3.05) is 19.6 Å². The number of para-hydroxylation sites is 1. The van der Waals surface area contributed by atoms with Crippen LogP contribution in [-0.2, 0) is 0 Å². The molecule has 0 aliphatic carbocycles. The van der Waals surface area contributed by atoms with Gasteiger partial charge in [-0.2, -0.15) is 0 Å². The van der Waals surface area contributed by atoms with Crippen molar-refractivity contribution < 1.29 is 9.21 Å². The van der Waals surface area contributed by atoms with E-state index in [0.29, 0.717) is 33.5 Å². The fourth-order valence-electron chi connectivity index (χ4n) is 4.20. The molecule has 140 valence electrons. The van der Waals surface area contributed by atoms with Crippen LogP contribution in [0.15, 0.2) is 47.1 Å². The van der Waals surface area contributed by atoms with E-state index in [4.69, 9.17) is 16.0 Å². The molecule has 0 radical (unpaired) electrons. The summed E-state index contributed by atoms with van der Waals surface area (Å²) in [5, 5.41) is 4.72. The highest BCUT2D eigenvalue weighted by Crippen LogP contribution is 2.33. The molecular formula is C20H19Cl2N3O2. The lowest BCUT2D eigenvalue weighted by Crippen LogP contribution is -2.39. The highest BCUT2D eigenvalue weighted by molar-refractivity contribution is 6.35. The van der Waals surface area contributed by atoms with Crippen molar-refractivity contribution in [2.24, 2.45) is 5.92 Å². The minimum absolute atomic E-state index is 0. The number of amides is 1. The Morgan fingerprint density at radius 3 is 2.96 bits per heavy atom. The van der Waals surface area contributed by atoms with Gasteiger partial charge in [-0.05, 0) is 36.6 Å². The minimum Gasteiger partial charge on any atom is -0.463 e. The van der Waals surface area contributed by atoms with Crippen molar-refractivity contribution >= 4 is 40.8 Å². The molecule has 2 aromatic heterocycles. The lowest BCUT2D eigenvalue weighted by Gasteiger charge is -2.24. The number of nitrogens with zero attached hydrogens (tertiary/aromatic N) is 2. The molecule has 2 fully saturated rings. The van der Waals surface area contributed by atoms with Crippen LogP contribution >= 0.6 is 24.0 Å². The molecule has 1 aromatic carbocycles. The third-order valence-electron chi connectivity index (χ3n) is 5.50. The zero-order chi connectivity index (χ0) is 17.7. The minimum atomic E-state index is 0. The summed E-state index contributed by atoms with van der Waals surface area (Å²) in [5.41, 5.74) is 1.89. The number of fused-ring (bicyclic) bond motifs is 2. The summed E-state index contributed by atoms with van der Waals surface area (Å²) in [7, 11) is 0. The van der Waals surface area contributed by atoms with Crippen LogP contribution < -0.4 is 5.32 Å². The Morgan fingerprint density at radius 1 is 1.26 bits per heavy atom. The molecule has 2 saturated heterocycles. The van der Waals surface area contributed by atoms with Gasteiger partial charge in [0.25, 0.3) is 5.91 Å². The maximum Gasteiger partial charge on any atom is 0.254 e. The fourth-order valence-corrected chi connectivity index (χ4v) is 4.41. The number of hydrogen-bond donors (Lipinski definition) is 1. The van der Waals surface area contributed by atoms with Gasteiger partial charge in [-0.3, -0.25) is 4.79 Å². The molecule has 4 heterocycles. The molecule has 0 unspecified atom stereocenters. The topological polar surface area (TPSA) is 58.4 Å². The maximum atomic E-state index is 13.4. The highest BCUT2D eigenvalue weighted by atomic mass is 35.5. The Labute approximate surface area is 168 Å². The van der Waals surface area contributed by atoms with E-state index in [0.717, 1.165) is 31.4 Å². The van der Waals surface area contributed by atoms with E-state index < -0.39 is 0 Å². The van der Waals surface area contributed by atoms with E-state index in [1.165, 1.54) is 0 Å². The molecule has 2 aliphatic heterocycles. The van der Waals surface area contributed by atoms with Crippen LogP contribution in [0, 0.1) is 5.92 Å². The first-order valence-corrected chi connectivity index (χ1v) is 9.25. The molecule has 0 bridgehead atoms. The Hall–Kier alpha value is -2.08. The number of pyridine rings is 1. The molecule has 7 heteroatoms.